The number of pyridine rings is 1. The molecule has 3 heterocycles. The minimum atomic E-state index is -0.643. The average Bonchev–Trinajstić information content (AvgIpc) is 3.26. The number of para-hydroxylation sites is 1. The first-order valence-electron chi connectivity index (χ1n) is 10.6. The molecule has 1 unspecified atom stereocenters. The number of benzene rings is 1. The Morgan fingerprint density at radius 2 is 1.87 bits per heavy atom. The number of nitrogens with zero attached hydrogens (tertiary/aromatic N) is 5. The molecule has 1 N–H and O–H groups in total. The number of hydrogen-bond donors (Lipinski definition) is 1. The summed E-state index contributed by atoms with van der Waals surface area (Å²) in [7, 11) is 0. The van der Waals surface area contributed by atoms with Crippen molar-refractivity contribution in [2.24, 2.45) is 0 Å². The monoisotopic (exact) mass is 421 g/mol. The van der Waals surface area contributed by atoms with Gasteiger partial charge in [-0.15, -0.1) is 0 Å². The van der Waals surface area contributed by atoms with Crippen LogP contribution in [0.2, 0.25) is 0 Å². The maximum atomic E-state index is 13.4. The van der Waals surface area contributed by atoms with Crippen molar-refractivity contribution in [1.29, 1.82) is 0 Å². The van der Waals surface area contributed by atoms with Gasteiger partial charge >= 0.3 is 0 Å². The molecule has 0 spiro atoms. The summed E-state index contributed by atoms with van der Waals surface area (Å²) in [5.41, 5.74) is 1.83. The fraction of sp³-hybridized carbons (Fsp3) is 0.391. The van der Waals surface area contributed by atoms with E-state index in [0.717, 1.165) is 12.8 Å². The molecule has 0 bridgehead atoms. The number of aliphatic hydroxyl groups is 1. The first kappa shape index (κ1) is 21.0. The van der Waals surface area contributed by atoms with Crippen LogP contribution in [0.4, 0.5) is 0 Å². The smallest absolute Gasteiger partial charge is 0.256 e. The molecule has 3 aromatic rings. The Hall–Kier alpha value is -3.26. The van der Waals surface area contributed by atoms with Gasteiger partial charge in [0.1, 0.15) is 6.10 Å². The molecule has 8 heteroatoms. The van der Waals surface area contributed by atoms with Crippen molar-refractivity contribution < 1.29 is 14.6 Å². The first-order chi connectivity index (χ1) is 15.0. The van der Waals surface area contributed by atoms with E-state index in [1.807, 2.05) is 35.2 Å². The Bertz CT molecular complexity index is 1020. The second kappa shape index (κ2) is 9.26. The summed E-state index contributed by atoms with van der Waals surface area (Å²) in [5.74, 6) is 0.473. The van der Waals surface area contributed by atoms with Gasteiger partial charge in [-0.1, -0.05) is 18.2 Å². The van der Waals surface area contributed by atoms with Gasteiger partial charge in [0.2, 0.25) is 5.88 Å². The molecule has 3 atom stereocenters. The third kappa shape index (κ3) is 4.74. The third-order valence-electron chi connectivity index (χ3n) is 5.62. The zero-order chi connectivity index (χ0) is 21.8. The highest BCUT2D eigenvalue weighted by atomic mass is 16.5. The number of amides is 1. The standard InChI is InChI=1S/C23H27N5O3/c1-16-10-11-18(31-22-9-5-7-20(26-22)17(2)29)12-15-27(16)23(30)19-6-3-4-8-21(19)28-24-13-14-25-28/h3-9,13-14,16-18,29H,10-12,15H2,1-2H3/t16-,17?,18-/m1/s1. The summed E-state index contributed by atoms with van der Waals surface area (Å²) in [4.78, 5) is 21.2. The summed E-state index contributed by atoms with van der Waals surface area (Å²) < 4.78 is 6.11. The summed E-state index contributed by atoms with van der Waals surface area (Å²) in [6.45, 7) is 4.34. The summed E-state index contributed by atoms with van der Waals surface area (Å²) >= 11 is 0. The molecular weight excluding hydrogens is 394 g/mol. The van der Waals surface area contributed by atoms with Gasteiger partial charge in [-0.3, -0.25) is 4.79 Å². The summed E-state index contributed by atoms with van der Waals surface area (Å²) in [6, 6.07) is 12.9. The van der Waals surface area contributed by atoms with Gasteiger partial charge in [0.05, 0.1) is 35.4 Å². The Kier molecular flexibility index (Phi) is 6.27. The van der Waals surface area contributed by atoms with Crippen molar-refractivity contribution in [3.8, 4) is 11.6 Å². The molecule has 1 aliphatic heterocycles. The van der Waals surface area contributed by atoms with Gasteiger partial charge in [0, 0.05) is 25.1 Å². The van der Waals surface area contributed by atoms with Crippen molar-refractivity contribution in [2.75, 3.05) is 6.54 Å². The Morgan fingerprint density at radius 1 is 1.10 bits per heavy atom. The highest BCUT2D eigenvalue weighted by molar-refractivity contribution is 5.97. The number of rotatable bonds is 5. The minimum absolute atomic E-state index is 0.0322. The van der Waals surface area contributed by atoms with E-state index in [-0.39, 0.29) is 18.1 Å². The van der Waals surface area contributed by atoms with Gasteiger partial charge in [0.25, 0.3) is 5.91 Å². The van der Waals surface area contributed by atoms with E-state index in [9.17, 15) is 9.90 Å². The SMILES string of the molecule is CC(O)c1cccc(O[C@@H]2CC[C@@H](C)N(C(=O)c3ccccc3-n3nccn3)CC2)n1. The normalized spacial score (nSPS) is 20.2. The highest BCUT2D eigenvalue weighted by Gasteiger charge is 2.29. The van der Waals surface area contributed by atoms with Gasteiger partial charge in [-0.25, -0.2) is 4.98 Å². The molecule has 1 amide bonds. The molecule has 162 valence electrons. The van der Waals surface area contributed by atoms with Crippen molar-refractivity contribution >= 4 is 5.91 Å². The Morgan fingerprint density at radius 3 is 2.65 bits per heavy atom. The lowest BCUT2D eigenvalue weighted by molar-refractivity contribution is 0.0693. The molecule has 31 heavy (non-hydrogen) atoms. The van der Waals surface area contributed by atoms with Crippen LogP contribution in [0.1, 0.15) is 55.3 Å². The van der Waals surface area contributed by atoms with Crippen LogP contribution in [-0.4, -0.2) is 54.6 Å². The van der Waals surface area contributed by atoms with Crippen LogP contribution in [-0.2, 0) is 0 Å². The summed E-state index contributed by atoms with van der Waals surface area (Å²) in [5, 5.41) is 18.1. The number of carbonyl (C=O) groups excluding carboxylic acids is 1. The predicted octanol–water partition coefficient (Wildman–Crippen LogP) is 3.18. The van der Waals surface area contributed by atoms with Gasteiger partial charge < -0.3 is 14.7 Å². The van der Waals surface area contributed by atoms with Crippen molar-refractivity contribution in [3.05, 3.63) is 66.1 Å². The first-order valence-corrected chi connectivity index (χ1v) is 10.6. The Labute approximate surface area is 181 Å². The molecular formula is C23H27N5O3. The van der Waals surface area contributed by atoms with E-state index in [2.05, 4.69) is 22.1 Å². The number of carbonyl (C=O) groups is 1. The van der Waals surface area contributed by atoms with Crippen LogP contribution in [0.5, 0.6) is 5.88 Å². The molecule has 2 aromatic heterocycles. The quantitative estimate of drug-likeness (QED) is 0.680. The van der Waals surface area contributed by atoms with Crippen LogP contribution >= 0.6 is 0 Å². The lowest BCUT2D eigenvalue weighted by Crippen LogP contribution is -2.39. The van der Waals surface area contributed by atoms with Crippen LogP contribution in [0, 0.1) is 0 Å². The third-order valence-corrected chi connectivity index (χ3v) is 5.62. The van der Waals surface area contributed by atoms with Crippen LogP contribution in [0.15, 0.2) is 54.9 Å². The number of hydrogen-bond acceptors (Lipinski definition) is 6. The van der Waals surface area contributed by atoms with E-state index < -0.39 is 6.10 Å². The molecule has 1 aromatic carbocycles. The maximum Gasteiger partial charge on any atom is 0.256 e. The second-order valence-electron chi connectivity index (χ2n) is 7.87. The predicted molar refractivity (Wildman–Crippen MR) is 115 cm³/mol. The van der Waals surface area contributed by atoms with Crippen molar-refractivity contribution in [1.82, 2.24) is 24.9 Å². The topological polar surface area (TPSA) is 93.4 Å². The van der Waals surface area contributed by atoms with Gasteiger partial charge in [-0.05, 0) is 44.9 Å². The van der Waals surface area contributed by atoms with E-state index in [1.54, 1.807) is 31.5 Å². The van der Waals surface area contributed by atoms with E-state index >= 15 is 0 Å². The second-order valence-corrected chi connectivity index (χ2v) is 7.87. The lowest BCUT2D eigenvalue weighted by Gasteiger charge is -2.27. The van der Waals surface area contributed by atoms with E-state index in [0.29, 0.717) is 35.8 Å². The fourth-order valence-electron chi connectivity index (χ4n) is 3.87. The largest absolute Gasteiger partial charge is 0.474 e. The van der Waals surface area contributed by atoms with Gasteiger partial charge in [-0.2, -0.15) is 15.0 Å². The summed E-state index contributed by atoms with van der Waals surface area (Å²) in [6.07, 6.45) is 4.87. The average molecular weight is 422 g/mol. The number of aromatic nitrogens is 4. The molecule has 0 saturated carbocycles. The van der Waals surface area contributed by atoms with Crippen LogP contribution in [0.25, 0.3) is 5.69 Å². The molecule has 4 rings (SSSR count). The van der Waals surface area contributed by atoms with Crippen LogP contribution < -0.4 is 4.74 Å². The molecule has 1 fully saturated rings. The molecule has 1 saturated heterocycles. The number of likely N-dealkylation sites (tertiary alicyclic amines) is 1. The molecule has 1 aliphatic rings. The highest BCUT2D eigenvalue weighted by Crippen LogP contribution is 2.25. The Balaban J connectivity index is 1.48. The minimum Gasteiger partial charge on any atom is -0.474 e. The molecule has 0 radical (unpaired) electrons. The van der Waals surface area contributed by atoms with Crippen molar-refractivity contribution in [3.63, 3.8) is 0 Å². The van der Waals surface area contributed by atoms with Crippen LogP contribution in [0.3, 0.4) is 0 Å². The van der Waals surface area contributed by atoms with Crippen molar-refractivity contribution in [2.45, 2.75) is 51.4 Å². The fourth-order valence-corrected chi connectivity index (χ4v) is 3.87. The molecule has 8 nitrogen and oxygen atoms in total. The number of ether oxygens (including phenoxy) is 1. The van der Waals surface area contributed by atoms with Gasteiger partial charge in [0.15, 0.2) is 0 Å². The van der Waals surface area contributed by atoms with E-state index in [1.165, 1.54) is 4.80 Å². The molecule has 0 aliphatic carbocycles. The maximum absolute atomic E-state index is 13.4. The lowest BCUT2D eigenvalue weighted by atomic mass is 10.1. The zero-order valence-electron chi connectivity index (χ0n) is 17.8. The zero-order valence-corrected chi connectivity index (χ0v) is 17.8. The van der Waals surface area contributed by atoms with E-state index in [4.69, 9.17) is 4.74 Å². The number of aliphatic hydroxyl groups excluding tert-OH is 1.